The molecule has 0 unspecified atom stereocenters. The van der Waals surface area contributed by atoms with Crippen molar-refractivity contribution < 1.29 is 53.8 Å². The highest BCUT2D eigenvalue weighted by Crippen LogP contribution is 2.55. The van der Waals surface area contributed by atoms with Crippen LogP contribution in [0, 0.1) is 30.6 Å². The number of rotatable bonds is 5. The largest absolute Gasteiger partial charge is 0.507 e. The van der Waals surface area contributed by atoms with Crippen molar-refractivity contribution in [1.82, 2.24) is 4.98 Å². The monoisotopic (exact) mass is 795 g/mol. The van der Waals surface area contributed by atoms with Gasteiger partial charge in [-0.3, -0.25) is 14.4 Å². The van der Waals surface area contributed by atoms with Crippen LogP contribution in [0.2, 0.25) is 0 Å². The molecule has 2 aliphatic rings. The molecule has 3 heterocycles. The molecular weight excluding hydrogens is 743 g/mol. The fraction of sp³-hybridized carbons (Fsp3) is 0.512. The van der Waals surface area contributed by atoms with Crippen molar-refractivity contribution in [2.45, 2.75) is 98.9 Å². The van der Waals surface area contributed by atoms with E-state index in [0.717, 1.165) is 17.8 Å². The summed E-state index contributed by atoms with van der Waals surface area (Å²) < 4.78 is 24.1. The Bertz CT molecular complexity index is 2110. The molecule has 0 spiro atoms. The van der Waals surface area contributed by atoms with Gasteiger partial charge in [-0.2, -0.15) is 0 Å². The van der Waals surface area contributed by atoms with Gasteiger partial charge in [-0.25, -0.2) is 4.98 Å². The average Bonchev–Trinajstić information content (AvgIpc) is 3.70. The molecule has 15 heteroatoms. The molecule has 1 aromatic heterocycles. The van der Waals surface area contributed by atoms with Crippen molar-refractivity contribution >= 4 is 60.8 Å². The zero-order valence-corrected chi connectivity index (χ0v) is 34.2. The molecule has 4 bridgehead atoms. The minimum Gasteiger partial charge on any atom is -0.507 e. The number of aromatic nitrogens is 1. The summed E-state index contributed by atoms with van der Waals surface area (Å²) in [6.07, 6.45) is 4.71. The molecule has 2 aliphatic heterocycles. The number of nitrogens with one attached hydrogen (secondary N) is 2. The lowest BCUT2D eigenvalue weighted by molar-refractivity contribution is -0.160. The van der Waals surface area contributed by atoms with Crippen LogP contribution in [0.1, 0.15) is 77.7 Å². The van der Waals surface area contributed by atoms with Gasteiger partial charge in [-0.05, 0) is 26.3 Å². The number of anilines is 2. The Hall–Kier alpha value is -4.70. The molecule has 0 fully saturated rings. The topological polar surface area (TPSA) is 206 Å². The third kappa shape index (κ3) is 7.82. The number of phenolic OH excluding ortho intramolecular Hbond substituents is 2. The highest BCUT2D eigenvalue weighted by Gasteiger charge is 2.49. The van der Waals surface area contributed by atoms with Crippen LogP contribution in [0.25, 0.3) is 21.0 Å². The van der Waals surface area contributed by atoms with E-state index in [0.29, 0.717) is 16.4 Å². The molecular formula is C41H53N3O11S. The molecule has 56 heavy (non-hydrogen) atoms. The lowest BCUT2D eigenvalue weighted by Crippen LogP contribution is -2.46. The first kappa shape index (κ1) is 42.4. The molecule has 6 N–H and O–H groups in total. The highest BCUT2D eigenvalue weighted by atomic mass is 32.1. The number of hydrogen-bond donors (Lipinski definition) is 6. The van der Waals surface area contributed by atoms with E-state index in [2.05, 4.69) is 10.6 Å². The van der Waals surface area contributed by atoms with Crippen LogP contribution in [0.5, 0.6) is 17.2 Å². The van der Waals surface area contributed by atoms with Crippen molar-refractivity contribution in [2.75, 3.05) is 24.3 Å². The maximum Gasteiger partial charge on any atom is 0.312 e. The van der Waals surface area contributed by atoms with Crippen molar-refractivity contribution in [2.24, 2.45) is 23.7 Å². The fourth-order valence-electron chi connectivity index (χ4n) is 7.43. The van der Waals surface area contributed by atoms with Crippen LogP contribution in [0.15, 0.2) is 36.1 Å². The summed E-state index contributed by atoms with van der Waals surface area (Å²) in [5, 5.41) is 52.8. The van der Waals surface area contributed by atoms with Gasteiger partial charge in [0.25, 0.3) is 11.7 Å². The third-order valence-electron chi connectivity index (χ3n) is 10.9. The Morgan fingerprint density at radius 2 is 1.73 bits per heavy atom. The van der Waals surface area contributed by atoms with E-state index in [-0.39, 0.29) is 50.2 Å². The minimum atomic E-state index is -1.94. The first-order chi connectivity index (χ1) is 26.4. The molecule has 2 aromatic carbocycles. The van der Waals surface area contributed by atoms with E-state index >= 15 is 0 Å². The zero-order valence-electron chi connectivity index (χ0n) is 33.4. The van der Waals surface area contributed by atoms with E-state index in [1.54, 1.807) is 52.8 Å². The molecule has 0 aliphatic carbocycles. The van der Waals surface area contributed by atoms with E-state index in [1.165, 1.54) is 40.2 Å². The predicted octanol–water partition coefficient (Wildman–Crippen LogP) is 6.48. The maximum absolute atomic E-state index is 14.5. The number of benzene rings is 2. The number of carbonyl (C=O) groups excluding carboxylic acids is 3. The molecule has 9 atom stereocenters. The number of aromatic hydroxyl groups is 2. The predicted molar refractivity (Wildman–Crippen MR) is 214 cm³/mol. The number of nitrogens with zero attached hydrogens (tertiary/aromatic N) is 1. The van der Waals surface area contributed by atoms with Gasteiger partial charge in [0.05, 0.1) is 45.7 Å². The SMILES string of the molecule is CCCNc1nc2c(s1)c1c(O)c3c(O)c(C)c4c(c32)C(=O)[C@@](C)(O/C=C/[C@H](OC)[C@@H](C)[C@@H](OC(C)=O)[C@H](C)[C@H](O)[C@H](C)[C@@H](O)[C@@H](C)/C=C/C=C(/C)C(=O)N1)O4. The van der Waals surface area contributed by atoms with E-state index in [4.69, 9.17) is 23.9 Å². The second-order valence-electron chi connectivity index (χ2n) is 15.0. The van der Waals surface area contributed by atoms with Gasteiger partial charge in [-0.15, -0.1) is 0 Å². The summed E-state index contributed by atoms with van der Waals surface area (Å²) >= 11 is 1.16. The first-order valence-electron chi connectivity index (χ1n) is 18.8. The van der Waals surface area contributed by atoms with Crippen molar-refractivity contribution in [3.05, 3.63) is 47.3 Å². The van der Waals surface area contributed by atoms with Gasteiger partial charge in [0.1, 0.15) is 23.3 Å². The molecule has 0 saturated heterocycles. The molecule has 14 nitrogen and oxygen atoms in total. The van der Waals surface area contributed by atoms with Crippen LogP contribution < -0.4 is 15.4 Å². The number of phenols is 2. The van der Waals surface area contributed by atoms with Crippen LogP contribution in [-0.2, 0) is 23.8 Å². The van der Waals surface area contributed by atoms with Gasteiger partial charge in [-0.1, -0.05) is 64.2 Å². The van der Waals surface area contributed by atoms with Gasteiger partial charge in [0.15, 0.2) is 10.9 Å². The lowest BCUT2D eigenvalue weighted by atomic mass is 9.78. The molecule has 3 aromatic rings. The van der Waals surface area contributed by atoms with Gasteiger partial charge in [0.2, 0.25) is 0 Å². The number of allylic oxidation sites excluding steroid dienone is 2. The summed E-state index contributed by atoms with van der Waals surface area (Å²) in [5.41, 5.74) is 0.689. The van der Waals surface area contributed by atoms with Gasteiger partial charge >= 0.3 is 11.8 Å². The van der Waals surface area contributed by atoms with Crippen LogP contribution in [0.4, 0.5) is 10.8 Å². The summed E-state index contributed by atoms with van der Waals surface area (Å²) in [4.78, 5) is 45.2. The Morgan fingerprint density at radius 1 is 1.04 bits per heavy atom. The number of thiazole rings is 1. The molecule has 304 valence electrons. The second-order valence-corrected chi connectivity index (χ2v) is 16.0. The molecule has 0 radical (unpaired) electrons. The Labute approximate surface area is 330 Å². The van der Waals surface area contributed by atoms with E-state index in [9.17, 15) is 34.8 Å². The van der Waals surface area contributed by atoms with Crippen molar-refractivity contribution in [1.29, 1.82) is 0 Å². The standard InChI is InChI=1S/C41H53N3O11S/c1-11-16-42-40-44-29-26-27-33(48)23(7)36-28(26)38(50)41(9,55-36)53-17-15-25(52-10)20(4)35(54-24(8)45)22(6)32(47)21(5)31(46)18(2)13-12-14-19(3)39(51)43-30(34(27)49)37(29)56-40/h12-15,17-18,20-22,25,31-32,35,46-49H,11,16H2,1-10H3,(H,42,44)(H,43,51)/b13-12+,17-15+,19-14-/t18-,20+,21+,22+,25-,31-,32+,35+,41-/m0/s1. The summed E-state index contributed by atoms with van der Waals surface area (Å²) in [6, 6.07) is 0. The highest BCUT2D eigenvalue weighted by molar-refractivity contribution is 7.23. The number of ether oxygens (including phenoxy) is 4. The number of Topliss-reactive ketones (excluding diaryl/α,β-unsaturated/α-hetero) is 1. The number of esters is 1. The number of hydrogen-bond acceptors (Lipinski definition) is 14. The summed E-state index contributed by atoms with van der Waals surface area (Å²) in [7, 11) is 1.46. The minimum absolute atomic E-state index is 0.00111. The number of aliphatic hydroxyl groups is 2. The quantitative estimate of drug-likeness (QED) is 0.121. The first-order valence-corrected chi connectivity index (χ1v) is 19.6. The van der Waals surface area contributed by atoms with Crippen molar-refractivity contribution in [3.8, 4) is 17.2 Å². The van der Waals surface area contributed by atoms with Gasteiger partial charge < -0.3 is 50.0 Å². The van der Waals surface area contributed by atoms with Crippen LogP contribution >= 0.6 is 11.3 Å². The number of aliphatic hydroxyl groups excluding tert-OH is 2. The average molecular weight is 796 g/mol. The molecule has 0 saturated carbocycles. The Kier molecular flexibility index (Phi) is 12.7. The number of fused-ring (bicyclic) bond motifs is 1. The Morgan fingerprint density at radius 3 is 2.38 bits per heavy atom. The number of carbonyl (C=O) groups is 3. The third-order valence-corrected chi connectivity index (χ3v) is 11.9. The van der Waals surface area contributed by atoms with E-state index in [1.807, 2.05) is 6.92 Å². The van der Waals surface area contributed by atoms with Crippen LogP contribution in [-0.4, -0.2) is 86.9 Å². The lowest BCUT2D eigenvalue weighted by Gasteiger charge is -2.38. The van der Waals surface area contributed by atoms with Gasteiger partial charge in [0, 0.05) is 67.7 Å². The normalized spacial score (nSPS) is 31.0. The van der Waals surface area contributed by atoms with Crippen molar-refractivity contribution in [3.63, 3.8) is 0 Å². The summed E-state index contributed by atoms with van der Waals surface area (Å²) in [6.45, 7) is 15.4. The zero-order chi connectivity index (χ0) is 41.4. The second kappa shape index (κ2) is 16.8. The molecule has 1 amide bonds. The number of methoxy groups -OCH3 is 1. The summed E-state index contributed by atoms with van der Waals surface area (Å²) in [5.74, 6) is -6.83. The van der Waals surface area contributed by atoms with E-state index < -0.39 is 77.3 Å². The van der Waals surface area contributed by atoms with Crippen LogP contribution in [0.3, 0.4) is 0 Å². The number of ketones is 1. The smallest absolute Gasteiger partial charge is 0.312 e. The Balaban J connectivity index is 1.72. The fourth-order valence-corrected chi connectivity index (χ4v) is 8.43. The number of amides is 1. The maximum atomic E-state index is 14.5. The molecule has 5 rings (SSSR count).